The van der Waals surface area contributed by atoms with Crippen molar-refractivity contribution < 1.29 is 22.3 Å². The first-order valence-corrected chi connectivity index (χ1v) is 16.2. The minimum absolute atomic E-state index is 0.0399. The van der Waals surface area contributed by atoms with Crippen LogP contribution < -0.4 is 15.0 Å². The summed E-state index contributed by atoms with van der Waals surface area (Å²) in [5.41, 5.74) is 0.166. The minimum atomic E-state index is -2.94. The molecule has 0 unspecified atom stereocenters. The highest BCUT2D eigenvalue weighted by Gasteiger charge is 2.30. The lowest BCUT2D eigenvalue weighted by Gasteiger charge is -2.28. The van der Waals surface area contributed by atoms with E-state index in [0.717, 1.165) is 58.3 Å². The van der Waals surface area contributed by atoms with Gasteiger partial charge in [0.2, 0.25) is 0 Å². The van der Waals surface area contributed by atoms with Crippen LogP contribution >= 0.6 is 0 Å². The van der Waals surface area contributed by atoms with E-state index in [4.69, 9.17) is 4.74 Å². The Morgan fingerprint density at radius 1 is 1.15 bits per heavy atom. The summed E-state index contributed by atoms with van der Waals surface area (Å²) < 4.78 is 44.0. The van der Waals surface area contributed by atoms with E-state index in [1.165, 1.54) is 30.8 Å². The van der Waals surface area contributed by atoms with E-state index in [9.17, 15) is 17.6 Å². The van der Waals surface area contributed by atoms with Crippen molar-refractivity contribution in [1.82, 2.24) is 20.2 Å². The Balaban J connectivity index is 1.37. The van der Waals surface area contributed by atoms with Crippen LogP contribution in [0.25, 0.3) is 0 Å². The highest BCUT2D eigenvalue weighted by atomic mass is 32.2. The van der Waals surface area contributed by atoms with Gasteiger partial charge in [-0.05, 0) is 96.0 Å². The second-order valence-electron chi connectivity index (χ2n) is 11.4. The van der Waals surface area contributed by atoms with E-state index < -0.39 is 15.7 Å². The summed E-state index contributed by atoms with van der Waals surface area (Å²) in [6.07, 6.45) is 8.82. The number of nitrogens with one attached hydrogen (secondary N) is 1. The predicted octanol–water partition coefficient (Wildman–Crippen LogP) is 4.30. The number of ether oxygens (including phenoxy) is 1. The maximum Gasteiger partial charge on any atom is 0.257 e. The first kappa shape index (κ1) is 30.2. The summed E-state index contributed by atoms with van der Waals surface area (Å²) in [5.74, 6) is 1.50. The van der Waals surface area contributed by atoms with E-state index in [1.54, 1.807) is 11.1 Å². The van der Waals surface area contributed by atoms with Gasteiger partial charge >= 0.3 is 0 Å². The molecule has 1 amide bonds. The maximum atomic E-state index is 14.2. The van der Waals surface area contributed by atoms with Gasteiger partial charge < -0.3 is 19.9 Å². The van der Waals surface area contributed by atoms with E-state index in [2.05, 4.69) is 20.2 Å². The molecule has 1 atom stereocenters. The molecule has 11 heteroatoms. The topological polar surface area (TPSA) is 105 Å². The molecule has 2 fully saturated rings. The van der Waals surface area contributed by atoms with Crippen LogP contribution in [0.2, 0.25) is 0 Å². The molecule has 1 saturated heterocycles. The van der Waals surface area contributed by atoms with Crippen LogP contribution in [-0.4, -0.2) is 79.5 Å². The molecule has 220 valence electrons. The predicted molar refractivity (Wildman–Crippen MR) is 154 cm³/mol. The molecule has 0 radical (unpaired) electrons. The Labute approximate surface area is 237 Å². The molecule has 1 N–H and O–H groups in total. The quantitative estimate of drug-likeness (QED) is 0.423. The molecule has 1 aromatic carbocycles. The highest BCUT2D eigenvalue weighted by molar-refractivity contribution is 7.91. The molecule has 1 aromatic heterocycles. The van der Waals surface area contributed by atoms with E-state index in [1.807, 2.05) is 20.8 Å². The van der Waals surface area contributed by atoms with Gasteiger partial charge in [-0.2, -0.15) is 0 Å². The van der Waals surface area contributed by atoms with Crippen LogP contribution in [0.15, 0.2) is 30.7 Å². The Hall–Kier alpha value is -2.79. The van der Waals surface area contributed by atoms with Crippen molar-refractivity contribution >= 4 is 21.6 Å². The fourth-order valence-electron chi connectivity index (χ4n) is 5.84. The molecule has 1 aliphatic carbocycles. The zero-order valence-corrected chi connectivity index (χ0v) is 24.8. The second kappa shape index (κ2) is 13.2. The molecule has 9 nitrogen and oxygen atoms in total. The van der Waals surface area contributed by atoms with Gasteiger partial charge in [0, 0.05) is 31.9 Å². The molecular formula is C29H42FN5O4S. The molecular weight excluding hydrogens is 533 g/mol. The first-order chi connectivity index (χ1) is 19.1. The van der Waals surface area contributed by atoms with Gasteiger partial charge in [0.05, 0.1) is 17.0 Å². The molecule has 2 heterocycles. The van der Waals surface area contributed by atoms with Crippen LogP contribution in [0.5, 0.6) is 11.5 Å². The average molecular weight is 576 g/mol. The number of carbonyl (C=O) groups excluding carboxylic acids is 1. The van der Waals surface area contributed by atoms with Crippen molar-refractivity contribution in [2.45, 2.75) is 64.2 Å². The van der Waals surface area contributed by atoms with E-state index in [-0.39, 0.29) is 28.5 Å². The number of halogens is 1. The van der Waals surface area contributed by atoms with Crippen LogP contribution in [0.1, 0.15) is 63.2 Å². The Morgan fingerprint density at radius 3 is 2.55 bits per heavy atom. The number of amides is 1. The van der Waals surface area contributed by atoms with Gasteiger partial charge in [-0.15, -0.1) is 0 Å². The monoisotopic (exact) mass is 575 g/mol. The zero-order chi connectivity index (χ0) is 28.9. The molecule has 0 bridgehead atoms. The van der Waals surface area contributed by atoms with Crippen molar-refractivity contribution in [2.75, 3.05) is 43.9 Å². The van der Waals surface area contributed by atoms with Crippen molar-refractivity contribution in [3.8, 4) is 11.5 Å². The normalized spacial score (nSPS) is 21.6. The molecule has 0 spiro atoms. The number of benzene rings is 1. The van der Waals surface area contributed by atoms with Gasteiger partial charge in [-0.1, -0.05) is 0 Å². The number of aromatic nitrogens is 2. The molecule has 40 heavy (non-hydrogen) atoms. The lowest BCUT2D eigenvalue weighted by Crippen LogP contribution is -2.36. The molecule has 4 rings (SSSR count). The van der Waals surface area contributed by atoms with Crippen molar-refractivity contribution in [2.24, 2.45) is 11.8 Å². The number of hydrogen-bond donors (Lipinski definition) is 1. The third-order valence-corrected chi connectivity index (χ3v) is 9.81. The van der Waals surface area contributed by atoms with Crippen LogP contribution in [0, 0.1) is 17.7 Å². The molecule has 1 saturated carbocycles. The number of carbonyl (C=O) groups is 1. The average Bonchev–Trinajstić information content (AvgIpc) is 3.38. The van der Waals surface area contributed by atoms with Crippen molar-refractivity contribution in [1.29, 1.82) is 0 Å². The van der Waals surface area contributed by atoms with E-state index >= 15 is 0 Å². The lowest BCUT2D eigenvalue weighted by atomic mass is 9.89. The van der Waals surface area contributed by atoms with Gasteiger partial charge in [-0.25, -0.2) is 22.8 Å². The number of sulfone groups is 1. The summed E-state index contributed by atoms with van der Waals surface area (Å²) >= 11 is 0. The summed E-state index contributed by atoms with van der Waals surface area (Å²) in [5, 5.41) is 3.43. The Kier molecular flexibility index (Phi) is 9.99. The maximum absolute atomic E-state index is 14.2. The Bertz CT molecular complexity index is 1270. The first-order valence-electron chi connectivity index (χ1n) is 14.3. The second-order valence-corrected chi connectivity index (χ2v) is 13.7. The fourth-order valence-corrected chi connectivity index (χ4v) is 6.97. The van der Waals surface area contributed by atoms with Crippen molar-refractivity contribution in [3.63, 3.8) is 0 Å². The number of nitrogens with zero attached hydrogens (tertiary/aromatic N) is 4. The molecule has 1 aliphatic heterocycles. The third kappa shape index (κ3) is 7.48. The molecule has 2 aromatic rings. The summed E-state index contributed by atoms with van der Waals surface area (Å²) in [6, 6.07) is 3.94. The van der Waals surface area contributed by atoms with Crippen molar-refractivity contribution in [3.05, 3.63) is 42.1 Å². The minimum Gasteiger partial charge on any atom is -0.451 e. The standard InChI is InChI=1S/C29H42FN5O4S/c1-5-35(20(2)3)29(36)25-14-23(30)8-11-26(25)39-27-17-32-19-33-28(27)34-13-12-22(18-34)16-31-15-21-6-9-24(10-7-21)40(4,37)38/h8,11,14,17,19-22,24,31H,5-7,9-10,12-13,15-16,18H2,1-4H3/t21?,22-,24?/m0/s1. The molecule has 2 aliphatic rings. The van der Waals surface area contributed by atoms with Gasteiger partial charge in [-0.3, -0.25) is 4.79 Å². The highest BCUT2D eigenvalue weighted by Crippen LogP contribution is 2.35. The fraction of sp³-hybridized carbons (Fsp3) is 0.621. The third-order valence-electron chi connectivity index (χ3n) is 8.13. The van der Waals surface area contributed by atoms with Gasteiger partial charge in [0.1, 0.15) is 27.7 Å². The lowest BCUT2D eigenvalue weighted by molar-refractivity contribution is 0.0713. The Morgan fingerprint density at radius 2 is 1.88 bits per heavy atom. The summed E-state index contributed by atoms with van der Waals surface area (Å²) in [4.78, 5) is 25.7. The number of anilines is 1. The van der Waals surface area contributed by atoms with Crippen LogP contribution in [0.4, 0.5) is 10.2 Å². The van der Waals surface area contributed by atoms with E-state index in [0.29, 0.717) is 29.9 Å². The smallest absolute Gasteiger partial charge is 0.257 e. The number of hydrogen-bond acceptors (Lipinski definition) is 8. The summed E-state index contributed by atoms with van der Waals surface area (Å²) in [6.45, 7) is 9.63. The largest absolute Gasteiger partial charge is 0.451 e. The SMILES string of the molecule is CCN(C(=O)c1cc(F)ccc1Oc1cncnc1N1CC[C@@H](CNCC2CCC(S(C)(=O)=O)CC2)C1)C(C)C. The van der Waals surface area contributed by atoms with Gasteiger partial charge in [0.25, 0.3) is 5.91 Å². The van der Waals surface area contributed by atoms with Crippen LogP contribution in [0.3, 0.4) is 0 Å². The number of rotatable bonds is 11. The summed E-state index contributed by atoms with van der Waals surface area (Å²) in [7, 11) is -2.94. The van der Waals surface area contributed by atoms with Gasteiger partial charge in [0.15, 0.2) is 11.6 Å². The van der Waals surface area contributed by atoms with Crippen LogP contribution in [-0.2, 0) is 9.84 Å². The zero-order valence-electron chi connectivity index (χ0n) is 24.0.